The number of aromatic nitrogens is 2. The fourth-order valence-electron chi connectivity index (χ4n) is 3.55. The molecule has 0 fully saturated rings. The highest BCUT2D eigenvalue weighted by molar-refractivity contribution is 5.96. The molecule has 0 unspecified atom stereocenters. The summed E-state index contributed by atoms with van der Waals surface area (Å²) in [5, 5.41) is 15.7. The van der Waals surface area contributed by atoms with E-state index in [4.69, 9.17) is 15.9 Å². The van der Waals surface area contributed by atoms with Crippen molar-refractivity contribution in [1.82, 2.24) is 15.1 Å². The van der Waals surface area contributed by atoms with Gasteiger partial charge in [0.1, 0.15) is 5.84 Å². The molecule has 3 aromatic rings. The maximum Gasteiger partial charge on any atom is 0.254 e. The van der Waals surface area contributed by atoms with Gasteiger partial charge >= 0.3 is 0 Å². The van der Waals surface area contributed by atoms with Gasteiger partial charge in [-0.1, -0.05) is 36.4 Å². The maximum absolute atomic E-state index is 12.9. The van der Waals surface area contributed by atoms with Crippen LogP contribution in [0.3, 0.4) is 0 Å². The second-order valence-corrected chi connectivity index (χ2v) is 7.26. The number of methoxy groups -OCH3 is 1. The van der Waals surface area contributed by atoms with Crippen molar-refractivity contribution in [3.63, 3.8) is 0 Å². The molecule has 0 bridgehead atoms. The lowest BCUT2D eigenvalue weighted by molar-refractivity contribution is 0.0773. The molecule has 1 aliphatic heterocycles. The number of amides is 1. The van der Waals surface area contributed by atoms with Crippen LogP contribution in [0.25, 0.3) is 16.8 Å². The van der Waals surface area contributed by atoms with E-state index in [0.29, 0.717) is 30.1 Å². The molecule has 7 heteroatoms. The van der Waals surface area contributed by atoms with Gasteiger partial charge in [0, 0.05) is 35.8 Å². The maximum atomic E-state index is 12.9. The smallest absolute Gasteiger partial charge is 0.254 e. The van der Waals surface area contributed by atoms with Crippen molar-refractivity contribution in [3.8, 4) is 17.1 Å². The molecule has 2 heterocycles. The summed E-state index contributed by atoms with van der Waals surface area (Å²) in [6.07, 6.45) is 2.83. The van der Waals surface area contributed by atoms with E-state index >= 15 is 0 Å². The highest BCUT2D eigenvalue weighted by Gasteiger charge is 2.19. The number of hydrogen-bond donors (Lipinski definition) is 2. The lowest BCUT2D eigenvalue weighted by atomic mass is 9.97. The fraction of sp³-hybridized carbons (Fsp3) is 0.167. The van der Waals surface area contributed by atoms with Crippen molar-refractivity contribution in [3.05, 3.63) is 83.4 Å². The molecular weight excluding hydrogens is 390 g/mol. The van der Waals surface area contributed by atoms with Crippen LogP contribution in [0.1, 0.15) is 27.9 Å². The van der Waals surface area contributed by atoms with E-state index in [2.05, 4.69) is 16.3 Å². The number of carbonyl (C=O) groups is 1. The quantitative estimate of drug-likeness (QED) is 0.493. The molecule has 4 rings (SSSR count). The van der Waals surface area contributed by atoms with Gasteiger partial charge in [-0.05, 0) is 41.8 Å². The number of nitrogens with one attached hydrogen (secondary N) is 1. The Balaban J connectivity index is 1.44. The van der Waals surface area contributed by atoms with Crippen LogP contribution in [0, 0.1) is 5.41 Å². The molecule has 0 radical (unpaired) electrons. The van der Waals surface area contributed by atoms with Gasteiger partial charge < -0.3 is 15.4 Å². The van der Waals surface area contributed by atoms with Crippen LogP contribution in [0.5, 0.6) is 5.88 Å². The number of rotatable bonds is 5. The van der Waals surface area contributed by atoms with Crippen LogP contribution in [0.4, 0.5) is 0 Å². The van der Waals surface area contributed by atoms with E-state index in [1.165, 1.54) is 5.57 Å². The summed E-state index contributed by atoms with van der Waals surface area (Å²) in [7, 11) is 1.55. The molecule has 156 valence electrons. The molecule has 1 aliphatic rings. The van der Waals surface area contributed by atoms with Gasteiger partial charge in [-0.3, -0.25) is 10.2 Å². The molecule has 7 nitrogen and oxygen atoms in total. The zero-order chi connectivity index (χ0) is 21.8. The summed E-state index contributed by atoms with van der Waals surface area (Å²) < 4.78 is 5.03. The molecule has 0 saturated carbocycles. The molecule has 0 saturated heterocycles. The Bertz CT molecular complexity index is 1140. The summed E-state index contributed by atoms with van der Waals surface area (Å²) in [5.74, 6) is 0.514. The lowest BCUT2D eigenvalue weighted by Gasteiger charge is -2.27. The number of amidine groups is 1. The summed E-state index contributed by atoms with van der Waals surface area (Å²) in [6, 6.07) is 18.6. The second kappa shape index (κ2) is 8.79. The summed E-state index contributed by atoms with van der Waals surface area (Å²) >= 11 is 0. The molecule has 1 amide bonds. The van der Waals surface area contributed by atoms with Gasteiger partial charge in [-0.2, -0.15) is 0 Å². The van der Waals surface area contributed by atoms with Gasteiger partial charge in [0.25, 0.3) is 5.91 Å². The predicted octanol–water partition coefficient (Wildman–Crippen LogP) is 3.37. The third kappa shape index (κ3) is 4.45. The summed E-state index contributed by atoms with van der Waals surface area (Å²) in [6.45, 7) is 1.19. The van der Waals surface area contributed by atoms with Crippen LogP contribution < -0.4 is 10.5 Å². The van der Waals surface area contributed by atoms with E-state index in [-0.39, 0.29) is 11.7 Å². The average Bonchev–Trinajstić information content (AvgIpc) is 2.84. The SMILES string of the molecule is COc1ccc(-c2ccc(C(=O)N3CC=C(c4cccc(C(=N)N)c4)CC3)cc2)nn1. The van der Waals surface area contributed by atoms with Crippen LogP contribution in [0.15, 0.2) is 66.7 Å². The molecule has 0 atom stereocenters. The third-order valence-electron chi connectivity index (χ3n) is 5.32. The topological polar surface area (TPSA) is 105 Å². The number of nitrogens with zero attached hydrogens (tertiary/aromatic N) is 3. The highest BCUT2D eigenvalue weighted by Crippen LogP contribution is 2.25. The Morgan fingerprint density at radius 2 is 1.84 bits per heavy atom. The first-order valence-electron chi connectivity index (χ1n) is 9.96. The summed E-state index contributed by atoms with van der Waals surface area (Å²) in [4.78, 5) is 14.8. The van der Waals surface area contributed by atoms with Gasteiger partial charge in [0.15, 0.2) is 0 Å². The zero-order valence-corrected chi connectivity index (χ0v) is 17.2. The van der Waals surface area contributed by atoms with E-state index in [1.807, 2.05) is 59.5 Å². The number of ether oxygens (including phenoxy) is 1. The van der Waals surface area contributed by atoms with E-state index in [9.17, 15) is 4.79 Å². The Hall–Kier alpha value is -4.00. The number of hydrogen-bond acceptors (Lipinski definition) is 5. The Kier molecular flexibility index (Phi) is 5.75. The fourth-order valence-corrected chi connectivity index (χ4v) is 3.55. The highest BCUT2D eigenvalue weighted by atomic mass is 16.5. The van der Waals surface area contributed by atoms with Crippen molar-refractivity contribution in [1.29, 1.82) is 5.41 Å². The van der Waals surface area contributed by atoms with Crippen molar-refractivity contribution in [2.75, 3.05) is 20.2 Å². The zero-order valence-electron chi connectivity index (χ0n) is 17.2. The van der Waals surface area contributed by atoms with Crippen LogP contribution in [0.2, 0.25) is 0 Å². The van der Waals surface area contributed by atoms with Gasteiger partial charge in [-0.25, -0.2) is 0 Å². The Morgan fingerprint density at radius 3 is 2.45 bits per heavy atom. The normalized spacial score (nSPS) is 13.5. The van der Waals surface area contributed by atoms with Crippen molar-refractivity contribution >= 4 is 17.3 Å². The van der Waals surface area contributed by atoms with Crippen molar-refractivity contribution in [2.45, 2.75) is 6.42 Å². The second-order valence-electron chi connectivity index (χ2n) is 7.26. The Morgan fingerprint density at radius 1 is 1.03 bits per heavy atom. The molecule has 2 aromatic carbocycles. The number of benzene rings is 2. The molecule has 1 aromatic heterocycles. The van der Waals surface area contributed by atoms with E-state index < -0.39 is 0 Å². The molecular formula is C24H23N5O2. The van der Waals surface area contributed by atoms with Crippen LogP contribution in [-0.2, 0) is 0 Å². The first-order valence-corrected chi connectivity index (χ1v) is 9.96. The Labute approximate surface area is 180 Å². The van der Waals surface area contributed by atoms with Gasteiger partial charge in [0.05, 0.1) is 12.8 Å². The third-order valence-corrected chi connectivity index (χ3v) is 5.32. The predicted molar refractivity (Wildman–Crippen MR) is 120 cm³/mol. The van der Waals surface area contributed by atoms with Gasteiger partial charge in [0.2, 0.25) is 5.88 Å². The standard InChI is InChI=1S/C24H23N5O2/c1-31-22-10-9-21(27-28-22)17-5-7-18(8-6-17)24(30)29-13-11-16(12-14-29)19-3-2-4-20(15-19)23(25)26/h2-11,15H,12-14H2,1H3,(H3,25,26). The molecule has 0 spiro atoms. The number of nitrogen functional groups attached to an aromatic ring is 1. The molecule has 31 heavy (non-hydrogen) atoms. The first kappa shape index (κ1) is 20.3. The van der Waals surface area contributed by atoms with E-state index in [1.54, 1.807) is 13.2 Å². The van der Waals surface area contributed by atoms with Gasteiger partial charge in [-0.15, -0.1) is 10.2 Å². The minimum Gasteiger partial charge on any atom is -0.480 e. The number of nitrogens with two attached hydrogens (primary N) is 1. The monoisotopic (exact) mass is 413 g/mol. The van der Waals surface area contributed by atoms with Crippen molar-refractivity contribution in [2.24, 2.45) is 5.73 Å². The van der Waals surface area contributed by atoms with Crippen molar-refractivity contribution < 1.29 is 9.53 Å². The summed E-state index contributed by atoms with van der Waals surface area (Å²) in [5.41, 5.74) is 10.8. The van der Waals surface area contributed by atoms with Crippen LogP contribution >= 0.6 is 0 Å². The van der Waals surface area contributed by atoms with Crippen LogP contribution in [-0.4, -0.2) is 47.0 Å². The largest absolute Gasteiger partial charge is 0.480 e. The van der Waals surface area contributed by atoms with E-state index in [0.717, 1.165) is 23.2 Å². The molecule has 3 N–H and O–H groups in total. The number of carbonyl (C=O) groups excluding carboxylic acids is 1. The molecule has 0 aliphatic carbocycles. The first-order chi connectivity index (χ1) is 15.0. The lowest BCUT2D eigenvalue weighted by Crippen LogP contribution is -2.34. The average molecular weight is 413 g/mol. The minimum atomic E-state index is 0.000141. The minimum absolute atomic E-state index is 0.000141.